The maximum atomic E-state index is 12.1. The summed E-state index contributed by atoms with van der Waals surface area (Å²) in [6.45, 7) is 7.19. The third-order valence-electron chi connectivity index (χ3n) is 3.59. The van der Waals surface area contributed by atoms with Crippen molar-refractivity contribution in [1.29, 1.82) is 0 Å². The molecule has 20 heavy (non-hydrogen) atoms. The highest BCUT2D eigenvalue weighted by Gasteiger charge is 2.31. The van der Waals surface area contributed by atoms with E-state index in [1.807, 2.05) is 11.8 Å². The highest BCUT2D eigenvalue weighted by atomic mass is 32.2. The molecule has 7 heteroatoms. The Morgan fingerprint density at radius 1 is 1.35 bits per heavy atom. The zero-order valence-corrected chi connectivity index (χ0v) is 14.6. The van der Waals surface area contributed by atoms with Gasteiger partial charge in [0.05, 0.1) is 0 Å². The summed E-state index contributed by atoms with van der Waals surface area (Å²) in [5.74, 6) is 1.14. The van der Waals surface area contributed by atoms with Crippen molar-refractivity contribution in [2.75, 3.05) is 39.0 Å². The Balaban J connectivity index is 2.28. The largest absolute Gasteiger partial charge is 0.317 e. The van der Waals surface area contributed by atoms with Gasteiger partial charge in [-0.2, -0.15) is 24.5 Å². The predicted molar refractivity (Wildman–Crippen MR) is 87.4 cm³/mol. The minimum absolute atomic E-state index is 0.0661. The van der Waals surface area contributed by atoms with Crippen LogP contribution in [0.1, 0.15) is 39.5 Å². The summed E-state index contributed by atoms with van der Waals surface area (Å²) in [6, 6.07) is 0. The SMILES string of the molecule is CCCNCCCN(C)S(=O)(=O)NCC1(C)CCCS1. The van der Waals surface area contributed by atoms with Gasteiger partial charge >= 0.3 is 0 Å². The Morgan fingerprint density at radius 2 is 2.10 bits per heavy atom. The molecule has 0 saturated carbocycles. The lowest BCUT2D eigenvalue weighted by atomic mass is 10.1. The van der Waals surface area contributed by atoms with E-state index < -0.39 is 10.2 Å². The van der Waals surface area contributed by atoms with E-state index in [-0.39, 0.29) is 4.75 Å². The first-order valence-corrected chi connectivity index (χ1v) is 9.88. The molecule has 5 nitrogen and oxygen atoms in total. The molecule has 0 aromatic rings. The van der Waals surface area contributed by atoms with Gasteiger partial charge in [0.15, 0.2) is 0 Å². The monoisotopic (exact) mass is 323 g/mol. The van der Waals surface area contributed by atoms with E-state index in [4.69, 9.17) is 0 Å². The first-order valence-electron chi connectivity index (χ1n) is 7.45. The van der Waals surface area contributed by atoms with Crippen molar-refractivity contribution < 1.29 is 8.42 Å². The van der Waals surface area contributed by atoms with Gasteiger partial charge < -0.3 is 5.32 Å². The first-order chi connectivity index (χ1) is 9.40. The van der Waals surface area contributed by atoms with Crippen LogP contribution in [0.4, 0.5) is 0 Å². The summed E-state index contributed by atoms with van der Waals surface area (Å²) in [7, 11) is -1.69. The minimum atomic E-state index is -3.34. The van der Waals surface area contributed by atoms with Crippen LogP contribution in [0.2, 0.25) is 0 Å². The average Bonchev–Trinajstić information content (AvgIpc) is 2.84. The van der Waals surface area contributed by atoms with Crippen LogP contribution in [0, 0.1) is 0 Å². The van der Waals surface area contributed by atoms with Crippen molar-refractivity contribution in [2.45, 2.75) is 44.3 Å². The zero-order chi connectivity index (χ0) is 15.1. The van der Waals surface area contributed by atoms with E-state index in [0.717, 1.165) is 38.1 Å². The van der Waals surface area contributed by atoms with Gasteiger partial charge in [-0.1, -0.05) is 6.92 Å². The highest BCUT2D eigenvalue weighted by Crippen LogP contribution is 2.37. The second-order valence-electron chi connectivity index (χ2n) is 5.65. The van der Waals surface area contributed by atoms with Crippen LogP contribution < -0.4 is 10.0 Å². The molecule has 0 aromatic heterocycles. The summed E-state index contributed by atoms with van der Waals surface area (Å²) in [6.07, 6.45) is 4.21. The molecule has 0 amide bonds. The normalized spacial score (nSPS) is 23.6. The third-order valence-corrected chi connectivity index (χ3v) is 6.64. The fraction of sp³-hybridized carbons (Fsp3) is 1.00. The molecule has 1 aliphatic rings. The maximum Gasteiger partial charge on any atom is 0.279 e. The Hall–Kier alpha value is 0.180. The summed E-state index contributed by atoms with van der Waals surface area (Å²) in [5.41, 5.74) is 0. The number of thioether (sulfide) groups is 1. The molecule has 0 spiro atoms. The van der Waals surface area contributed by atoms with Gasteiger partial charge in [-0.05, 0) is 51.4 Å². The fourth-order valence-corrected chi connectivity index (χ4v) is 4.61. The van der Waals surface area contributed by atoms with Crippen LogP contribution in [-0.4, -0.2) is 56.4 Å². The molecule has 1 rings (SSSR count). The Bertz CT molecular complexity index is 368. The molecular weight excluding hydrogens is 294 g/mol. The molecule has 0 aromatic carbocycles. The Kier molecular flexibility index (Phi) is 7.82. The van der Waals surface area contributed by atoms with Gasteiger partial charge in [-0.15, -0.1) is 0 Å². The topological polar surface area (TPSA) is 61.4 Å². The second-order valence-corrected chi connectivity index (χ2v) is 9.20. The molecule has 1 atom stereocenters. The van der Waals surface area contributed by atoms with Crippen molar-refractivity contribution in [3.8, 4) is 0 Å². The van der Waals surface area contributed by atoms with Gasteiger partial charge in [0.2, 0.25) is 0 Å². The molecule has 120 valence electrons. The van der Waals surface area contributed by atoms with Crippen molar-refractivity contribution in [1.82, 2.24) is 14.3 Å². The molecule has 2 N–H and O–H groups in total. The van der Waals surface area contributed by atoms with E-state index in [9.17, 15) is 8.42 Å². The predicted octanol–water partition coefficient (Wildman–Crippen LogP) is 1.43. The smallest absolute Gasteiger partial charge is 0.279 e. The lowest BCUT2D eigenvalue weighted by Gasteiger charge is -2.25. The average molecular weight is 324 g/mol. The molecule has 0 aliphatic carbocycles. The van der Waals surface area contributed by atoms with Gasteiger partial charge in [0.25, 0.3) is 10.2 Å². The van der Waals surface area contributed by atoms with E-state index >= 15 is 0 Å². The number of rotatable bonds is 10. The van der Waals surface area contributed by atoms with E-state index in [1.54, 1.807) is 7.05 Å². The maximum absolute atomic E-state index is 12.1. The van der Waals surface area contributed by atoms with Crippen LogP contribution in [-0.2, 0) is 10.2 Å². The molecule has 1 heterocycles. The Morgan fingerprint density at radius 3 is 2.70 bits per heavy atom. The van der Waals surface area contributed by atoms with Gasteiger partial charge in [0.1, 0.15) is 0 Å². The molecule has 0 bridgehead atoms. The van der Waals surface area contributed by atoms with Gasteiger partial charge in [-0.3, -0.25) is 0 Å². The van der Waals surface area contributed by atoms with E-state index in [2.05, 4.69) is 23.9 Å². The number of hydrogen-bond acceptors (Lipinski definition) is 4. The van der Waals surface area contributed by atoms with Crippen molar-refractivity contribution in [3.63, 3.8) is 0 Å². The van der Waals surface area contributed by atoms with Crippen LogP contribution in [0.25, 0.3) is 0 Å². The summed E-state index contributed by atoms with van der Waals surface area (Å²) in [5, 5.41) is 3.28. The lowest BCUT2D eigenvalue weighted by Crippen LogP contribution is -2.44. The van der Waals surface area contributed by atoms with Crippen LogP contribution >= 0.6 is 11.8 Å². The molecule has 1 saturated heterocycles. The quantitative estimate of drug-likeness (QED) is 0.597. The van der Waals surface area contributed by atoms with E-state index in [1.165, 1.54) is 10.7 Å². The lowest BCUT2D eigenvalue weighted by molar-refractivity contribution is 0.439. The molecule has 1 aliphatic heterocycles. The number of nitrogens with one attached hydrogen (secondary N) is 2. The second kappa shape index (κ2) is 8.58. The van der Waals surface area contributed by atoms with Gasteiger partial charge in [-0.25, -0.2) is 4.72 Å². The minimum Gasteiger partial charge on any atom is -0.317 e. The van der Waals surface area contributed by atoms with Gasteiger partial charge in [0, 0.05) is 24.9 Å². The molecule has 0 radical (unpaired) electrons. The van der Waals surface area contributed by atoms with Crippen molar-refractivity contribution >= 4 is 22.0 Å². The summed E-state index contributed by atoms with van der Waals surface area (Å²) < 4.78 is 28.5. The summed E-state index contributed by atoms with van der Waals surface area (Å²) >= 11 is 1.87. The third kappa shape index (κ3) is 6.30. The molecule has 1 unspecified atom stereocenters. The standard InChI is InChI=1S/C13H29N3O2S2/c1-4-8-14-9-6-10-16(3)20(17,18)15-12-13(2)7-5-11-19-13/h14-15H,4-12H2,1-3H3. The molecular formula is C13H29N3O2S2. The Labute approximate surface area is 128 Å². The summed E-state index contributed by atoms with van der Waals surface area (Å²) in [4.78, 5) is 0. The number of hydrogen-bond donors (Lipinski definition) is 2. The molecule has 1 fully saturated rings. The zero-order valence-electron chi connectivity index (χ0n) is 12.9. The van der Waals surface area contributed by atoms with Crippen molar-refractivity contribution in [3.05, 3.63) is 0 Å². The fourth-order valence-electron chi connectivity index (χ4n) is 2.18. The van der Waals surface area contributed by atoms with Crippen LogP contribution in [0.15, 0.2) is 0 Å². The van der Waals surface area contributed by atoms with Crippen molar-refractivity contribution in [2.24, 2.45) is 0 Å². The van der Waals surface area contributed by atoms with Crippen LogP contribution in [0.3, 0.4) is 0 Å². The highest BCUT2D eigenvalue weighted by molar-refractivity contribution is 8.00. The number of nitrogens with zero attached hydrogens (tertiary/aromatic N) is 1. The van der Waals surface area contributed by atoms with E-state index in [0.29, 0.717) is 13.1 Å². The first kappa shape index (κ1) is 18.2. The van der Waals surface area contributed by atoms with Crippen LogP contribution in [0.5, 0.6) is 0 Å².